The summed E-state index contributed by atoms with van der Waals surface area (Å²) in [5.74, 6) is -0.149. The van der Waals surface area contributed by atoms with E-state index in [1.165, 1.54) is 11.3 Å². The summed E-state index contributed by atoms with van der Waals surface area (Å²) in [7, 11) is 0. The number of rotatable bonds is 3. The van der Waals surface area contributed by atoms with Crippen molar-refractivity contribution in [2.45, 2.75) is 0 Å². The summed E-state index contributed by atoms with van der Waals surface area (Å²) in [5, 5.41) is 6.76. The first-order valence-corrected chi connectivity index (χ1v) is 9.33. The number of hydrogen-bond acceptors (Lipinski definition) is 4. The number of fused-ring (bicyclic) bond motifs is 1. The van der Waals surface area contributed by atoms with E-state index in [1.807, 2.05) is 57.8 Å². The molecule has 114 valence electrons. The minimum atomic E-state index is -0.149. The van der Waals surface area contributed by atoms with E-state index < -0.39 is 0 Å². The predicted molar refractivity (Wildman–Crippen MR) is 98.5 cm³/mol. The van der Waals surface area contributed by atoms with E-state index in [2.05, 4.69) is 26.2 Å². The lowest BCUT2D eigenvalue weighted by molar-refractivity contribution is 0.102. The van der Waals surface area contributed by atoms with Crippen LogP contribution in [0.15, 0.2) is 57.8 Å². The minimum absolute atomic E-state index is 0.149. The molecule has 0 aliphatic rings. The maximum atomic E-state index is 12.5. The number of hydrogen-bond donors (Lipinski definition) is 1. The van der Waals surface area contributed by atoms with Crippen LogP contribution in [0, 0.1) is 0 Å². The van der Waals surface area contributed by atoms with Crippen LogP contribution in [0.2, 0.25) is 0 Å². The minimum Gasteiger partial charge on any atom is -0.321 e. The third kappa shape index (κ3) is 2.83. The molecule has 0 radical (unpaired) electrons. The van der Waals surface area contributed by atoms with E-state index in [0.717, 1.165) is 25.7 Å². The van der Waals surface area contributed by atoms with Crippen molar-refractivity contribution in [1.82, 2.24) is 9.38 Å². The molecule has 0 fully saturated rings. The molecule has 0 spiro atoms. The molecule has 1 amide bonds. The van der Waals surface area contributed by atoms with E-state index in [4.69, 9.17) is 0 Å². The lowest BCUT2D eigenvalue weighted by Gasteiger charge is -2.04. The SMILES string of the molecule is O=C(Nc1cccc(Br)c1)c1csc2nc(-c3cccs3)cn12. The highest BCUT2D eigenvalue weighted by atomic mass is 79.9. The van der Waals surface area contributed by atoms with Crippen LogP contribution in [0.25, 0.3) is 15.5 Å². The number of thiophene rings is 1. The smallest absolute Gasteiger partial charge is 0.273 e. The molecule has 1 aromatic carbocycles. The number of thiazole rings is 1. The normalized spacial score (nSPS) is 11.0. The average molecular weight is 404 g/mol. The second-order valence-corrected chi connectivity index (χ2v) is 7.54. The van der Waals surface area contributed by atoms with Crippen molar-refractivity contribution < 1.29 is 4.79 Å². The number of nitrogens with one attached hydrogen (secondary N) is 1. The lowest BCUT2D eigenvalue weighted by atomic mass is 10.3. The monoisotopic (exact) mass is 403 g/mol. The Morgan fingerprint density at radius 3 is 2.91 bits per heavy atom. The first-order valence-electron chi connectivity index (χ1n) is 6.78. The Morgan fingerprint density at radius 1 is 1.22 bits per heavy atom. The molecule has 0 saturated heterocycles. The Labute approximate surface area is 148 Å². The number of halogens is 1. The molecule has 23 heavy (non-hydrogen) atoms. The van der Waals surface area contributed by atoms with Gasteiger partial charge in [-0.2, -0.15) is 0 Å². The van der Waals surface area contributed by atoms with Crippen molar-refractivity contribution in [3.8, 4) is 10.6 Å². The molecule has 3 aromatic heterocycles. The summed E-state index contributed by atoms with van der Waals surface area (Å²) in [6.45, 7) is 0. The van der Waals surface area contributed by atoms with Gasteiger partial charge in [-0.1, -0.05) is 28.1 Å². The van der Waals surface area contributed by atoms with Crippen LogP contribution in [0.4, 0.5) is 5.69 Å². The molecular weight excluding hydrogens is 394 g/mol. The number of carbonyl (C=O) groups excluding carboxylic acids is 1. The molecule has 4 aromatic rings. The van der Waals surface area contributed by atoms with Crippen molar-refractivity contribution >= 4 is 55.2 Å². The van der Waals surface area contributed by atoms with E-state index in [9.17, 15) is 4.79 Å². The molecule has 0 bridgehead atoms. The van der Waals surface area contributed by atoms with Crippen LogP contribution in [0.3, 0.4) is 0 Å². The molecule has 7 heteroatoms. The number of nitrogens with zero attached hydrogens (tertiary/aromatic N) is 2. The van der Waals surface area contributed by atoms with Gasteiger partial charge in [0.05, 0.1) is 4.88 Å². The summed E-state index contributed by atoms with van der Waals surface area (Å²) in [5.41, 5.74) is 2.23. The van der Waals surface area contributed by atoms with E-state index in [-0.39, 0.29) is 5.91 Å². The second kappa shape index (κ2) is 5.92. The molecule has 4 nitrogen and oxygen atoms in total. The van der Waals surface area contributed by atoms with E-state index >= 15 is 0 Å². The zero-order chi connectivity index (χ0) is 15.8. The number of carbonyl (C=O) groups is 1. The number of amides is 1. The molecule has 0 saturated carbocycles. The zero-order valence-electron chi connectivity index (χ0n) is 11.7. The van der Waals surface area contributed by atoms with Gasteiger partial charge < -0.3 is 5.32 Å². The summed E-state index contributed by atoms with van der Waals surface area (Å²) in [4.78, 5) is 19.0. The largest absolute Gasteiger partial charge is 0.321 e. The van der Waals surface area contributed by atoms with Gasteiger partial charge in [0.25, 0.3) is 5.91 Å². The van der Waals surface area contributed by atoms with Crippen molar-refractivity contribution in [1.29, 1.82) is 0 Å². The molecule has 0 atom stereocenters. The van der Waals surface area contributed by atoms with Crippen molar-refractivity contribution in [2.75, 3.05) is 5.32 Å². The second-order valence-electron chi connectivity index (χ2n) is 4.84. The number of anilines is 1. The van der Waals surface area contributed by atoms with Gasteiger partial charge in [-0.25, -0.2) is 4.98 Å². The fraction of sp³-hybridized carbons (Fsp3) is 0. The van der Waals surface area contributed by atoms with Gasteiger partial charge in [-0.05, 0) is 29.6 Å². The van der Waals surface area contributed by atoms with Crippen LogP contribution in [-0.4, -0.2) is 15.3 Å². The maximum absolute atomic E-state index is 12.5. The van der Waals surface area contributed by atoms with Gasteiger partial charge >= 0.3 is 0 Å². The highest BCUT2D eigenvalue weighted by molar-refractivity contribution is 9.10. The Morgan fingerprint density at radius 2 is 2.13 bits per heavy atom. The Bertz CT molecular complexity index is 988. The molecule has 3 heterocycles. The van der Waals surface area contributed by atoms with Gasteiger partial charge in [-0.3, -0.25) is 9.20 Å². The van der Waals surface area contributed by atoms with Crippen LogP contribution < -0.4 is 5.32 Å². The first-order chi connectivity index (χ1) is 11.2. The van der Waals surface area contributed by atoms with Gasteiger partial charge in [-0.15, -0.1) is 22.7 Å². The van der Waals surface area contributed by atoms with Crippen molar-refractivity contribution in [3.05, 3.63) is 63.5 Å². The average Bonchev–Trinajstić information content (AvgIpc) is 3.23. The summed E-state index contributed by atoms with van der Waals surface area (Å²) >= 11 is 6.50. The summed E-state index contributed by atoms with van der Waals surface area (Å²) in [6, 6.07) is 11.5. The summed E-state index contributed by atoms with van der Waals surface area (Å²) in [6.07, 6.45) is 1.91. The van der Waals surface area contributed by atoms with Gasteiger partial charge in [0.2, 0.25) is 0 Å². The molecular formula is C16H10BrN3OS2. The molecule has 0 aliphatic heterocycles. The topological polar surface area (TPSA) is 46.4 Å². The Balaban J connectivity index is 1.67. The van der Waals surface area contributed by atoms with E-state index in [0.29, 0.717) is 5.69 Å². The summed E-state index contributed by atoms with van der Waals surface area (Å²) < 4.78 is 2.76. The standard InChI is InChI=1S/C16H10BrN3OS2/c17-10-3-1-4-11(7-10)18-15(21)13-9-23-16-19-12(8-20(13)16)14-5-2-6-22-14/h1-9H,(H,18,21). The van der Waals surface area contributed by atoms with Crippen LogP contribution in [0.1, 0.15) is 10.5 Å². The lowest BCUT2D eigenvalue weighted by Crippen LogP contribution is -2.13. The highest BCUT2D eigenvalue weighted by Crippen LogP contribution is 2.27. The quantitative estimate of drug-likeness (QED) is 0.514. The predicted octanol–water partition coefficient (Wildman–Crippen LogP) is 5.14. The number of imidazole rings is 1. The van der Waals surface area contributed by atoms with Gasteiger partial charge in [0.15, 0.2) is 4.96 Å². The number of aromatic nitrogens is 2. The van der Waals surface area contributed by atoms with Gasteiger partial charge in [0.1, 0.15) is 11.4 Å². The number of benzene rings is 1. The third-order valence-corrected chi connectivity index (χ3v) is 5.52. The zero-order valence-corrected chi connectivity index (χ0v) is 14.9. The highest BCUT2D eigenvalue weighted by Gasteiger charge is 2.15. The maximum Gasteiger partial charge on any atom is 0.273 e. The molecule has 4 rings (SSSR count). The first kappa shape index (κ1) is 14.6. The van der Waals surface area contributed by atoms with Crippen molar-refractivity contribution in [2.24, 2.45) is 0 Å². The Hall–Kier alpha value is -1.96. The van der Waals surface area contributed by atoms with E-state index in [1.54, 1.807) is 11.3 Å². The van der Waals surface area contributed by atoms with Gasteiger partial charge in [0, 0.05) is 21.7 Å². The molecule has 0 unspecified atom stereocenters. The van der Waals surface area contributed by atoms with Crippen LogP contribution in [-0.2, 0) is 0 Å². The Kier molecular flexibility index (Phi) is 3.76. The van der Waals surface area contributed by atoms with Crippen LogP contribution in [0.5, 0.6) is 0 Å². The van der Waals surface area contributed by atoms with Crippen molar-refractivity contribution in [3.63, 3.8) is 0 Å². The fourth-order valence-corrected chi connectivity index (χ4v) is 4.18. The molecule has 0 aliphatic carbocycles. The van der Waals surface area contributed by atoms with Crippen LogP contribution >= 0.6 is 38.6 Å². The molecule has 1 N–H and O–H groups in total. The third-order valence-electron chi connectivity index (χ3n) is 3.30. The fourth-order valence-electron chi connectivity index (χ4n) is 2.25.